The third kappa shape index (κ3) is 2.96. The number of rotatable bonds is 6. The van der Waals surface area contributed by atoms with Crippen molar-refractivity contribution in [2.24, 2.45) is 0 Å². The van der Waals surface area contributed by atoms with Crippen LogP contribution >= 0.6 is 0 Å². The van der Waals surface area contributed by atoms with Crippen LogP contribution in [0.5, 0.6) is 5.75 Å². The van der Waals surface area contributed by atoms with E-state index in [4.69, 9.17) is 9.15 Å². The molecule has 0 radical (unpaired) electrons. The summed E-state index contributed by atoms with van der Waals surface area (Å²) in [5.74, 6) is -0.0795. The van der Waals surface area contributed by atoms with Crippen molar-refractivity contribution in [1.29, 1.82) is 0 Å². The Balaban J connectivity index is 2.38. The van der Waals surface area contributed by atoms with E-state index in [1.54, 1.807) is 30.7 Å². The van der Waals surface area contributed by atoms with Crippen LogP contribution in [0, 0.1) is 5.82 Å². The number of furan rings is 1. The largest absolute Gasteiger partial charge is 0.494 e. The lowest BCUT2D eigenvalue weighted by molar-refractivity contribution is 0.381. The van der Waals surface area contributed by atoms with Gasteiger partial charge in [0.1, 0.15) is 0 Å². The fourth-order valence-electron chi connectivity index (χ4n) is 2.04. The van der Waals surface area contributed by atoms with E-state index in [9.17, 15) is 4.39 Å². The van der Waals surface area contributed by atoms with Gasteiger partial charge in [0.15, 0.2) is 11.6 Å². The molecule has 1 unspecified atom stereocenters. The molecule has 102 valence electrons. The number of hydrogen-bond donors (Lipinski definition) is 1. The van der Waals surface area contributed by atoms with Gasteiger partial charge in [-0.2, -0.15) is 0 Å². The molecule has 3 nitrogen and oxygen atoms in total. The molecule has 4 heteroatoms. The lowest BCUT2D eigenvalue weighted by Gasteiger charge is -2.19. The molecule has 0 fully saturated rings. The summed E-state index contributed by atoms with van der Waals surface area (Å²) in [6.45, 7) is 2.87. The van der Waals surface area contributed by atoms with Crippen molar-refractivity contribution in [3.05, 3.63) is 53.7 Å². The lowest BCUT2D eigenvalue weighted by atomic mass is 10.00. The van der Waals surface area contributed by atoms with Gasteiger partial charge in [-0.05, 0) is 25.1 Å². The Kier molecular flexibility index (Phi) is 4.58. The van der Waals surface area contributed by atoms with E-state index in [2.05, 4.69) is 12.2 Å². The van der Waals surface area contributed by atoms with Gasteiger partial charge in [0.2, 0.25) is 0 Å². The van der Waals surface area contributed by atoms with E-state index >= 15 is 0 Å². The fourth-order valence-corrected chi connectivity index (χ4v) is 2.04. The van der Waals surface area contributed by atoms with Gasteiger partial charge in [-0.3, -0.25) is 0 Å². The summed E-state index contributed by atoms with van der Waals surface area (Å²) in [7, 11) is 1.47. The molecule has 0 saturated carbocycles. The molecule has 0 saturated heterocycles. The summed E-state index contributed by atoms with van der Waals surface area (Å²) in [5.41, 5.74) is 1.47. The molecule has 1 atom stereocenters. The number of methoxy groups -OCH3 is 1. The third-order valence-corrected chi connectivity index (χ3v) is 3.00. The number of hydrogen-bond acceptors (Lipinski definition) is 3. The van der Waals surface area contributed by atoms with Crippen molar-refractivity contribution in [3.63, 3.8) is 0 Å². The van der Waals surface area contributed by atoms with Gasteiger partial charge in [0.25, 0.3) is 0 Å². The first-order chi connectivity index (χ1) is 9.27. The highest BCUT2D eigenvalue weighted by Crippen LogP contribution is 2.29. The van der Waals surface area contributed by atoms with Crippen LogP contribution < -0.4 is 10.1 Å². The zero-order chi connectivity index (χ0) is 13.7. The second-order valence-electron chi connectivity index (χ2n) is 4.31. The van der Waals surface area contributed by atoms with Crippen molar-refractivity contribution in [3.8, 4) is 5.75 Å². The summed E-state index contributed by atoms with van der Waals surface area (Å²) in [4.78, 5) is 0. The molecule has 0 aliphatic heterocycles. The maximum Gasteiger partial charge on any atom is 0.170 e. The molecule has 1 aromatic carbocycles. The summed E-state index contributed by atoms with van der Waals surface area (Å²) < 4.78 is 24.5. The first kappa shape index (κ1) is 13.6. The predicted octanol–water partition coefficient (Wildman–Crippen LogP) is 3.52. The molecule has 0 aliphatic carbocycles. The monoisotopic (exact) mass is 263 g/mol. The molecular weight excluding hydrogens is 245 g/mol. The molecule has 0 bridgehead atoms. The highest BCUT2D eigenvalue weighted by molar-refractivity contribution is 5.37. The molecule has 19 heavy (non-hydrogen) atoms. The SMILES string of the molecule is CCCNC(c1ccoc1)c1cccc(OC)c1F. The standard InChI is InChI=1S/C15H18FNO2/c1-3-8-17-15(11-7-9-19-10-11)12-5-4-6-13(18-2)14(12)16/h4-7,9-10,15,17H,3,8H2,1-2H3. The first-order valence-electron chi connectivity index (χ1n) is 6.35. The van der Waals surface area contributed by atoms with Crippen molar-refractivity contribution in [1.82, 2.24) is 5.32 Å². The van der Waals surface area contributed by atoms with Crippen LogP contribution in [0.1, 0.15) is 30.5 Å². The molecule has 0 spiro atoms. The van der Waals surface area contributed by atoms with Crippen LogP contribution in [0.3, 0.4) is 0 Å². The Morgan fingerprint density at radius 1 is 1.37 bits per heavy atom. The van der Waals surface area contributed by atoms with Crippen LogP contribution in [0.25, 0.3) is 0 Å². The quantitative estimate of drug-likeness (QED) is 0.866. The minimum Gasteiger partial charge on any atom is -0.494 e. The van der Waals surface area contributed by atoms with E-state index in [0.717, 1.165) is 18.5 Å². The molecule has 1 aromatic heterocycles. The predicted molar refractivity (Wildman–Crippen MR) is 71.8 cm³/mol. The van der Waals surface area contributed by atoms with E-state index in [1.807, 2.05) is 6.07 Å². The summed E-state index contributed by atoms with van der Waals surface area (Å²) in [5, 5.41) is 3.32. The fraction of sp³-hybridized carbons (Fsp3) is 0.333. The van der Waals surface area contributed by atoms with Crippen LogP contribution in [0.4, 0.5) is 4.39 Å². The maximum atomic E-state index is 14.3. The van der Waals surface area contributed by atoms with Gasteiger partial charge < -0.3 is 14.5 Å². The second-order valence-corrected chi connectivity index (χ2v) is 4.31. The minimum absolute atomic E-state index is 0.228. The molecule has 2 rings (SSSR count). The van der Waals surface area contributed by atoms with Crippen molar-refractivity contribution >= 4 is 0 Å². The average Bonchev–Trinajstić information content (AvgIpc) is 2.95. The van der Waals surface area contributed by atoms with Crippen molar-refractivity contribution in [2.75, 3.05) is 13.7 Å². The highest BCUT2D eigenvalue weighted by atomic mass is 19.1. The van der Waals surface area contributed by atoms with Gasteiger partial charge in [-0.25, -0.2) is 4.39 Å². The minimum atomic E-state index is -0.334. The molecule has 0 amide bonds. The zero-order valence-corrected chi connectivity index (χ0v) is 11.2. The maximum absolute atomic E-state index is 14.3. The number of nitrogens with one attached hydrogen (secondary N) is 1. The highest BCUT2D eigenvalue weighted by Gasteiger charge is 2.20. The van der Waals surface area contributed by atoms with Gasteiger partial charge >= 0.3 is 0 Å². The van der Waals surface area contributed by atoms with Gasteiger partial charge in [-0.1, -0.05) is 19.1 Å². The summed E-state index contributed by atoms with van der Waals surface area (Å²) in [6, 6.07) is 6.78. The average molecular weight is 263 g/mol. The van der Waals surface area contributed by atoms with E-state index in [-0.39, 0.29) is 17.6 Å². The van der Waals surface area contributed by atoms with Crippen LogP contribution in [0.15, 0.2) is 41.2 Å². The lowest BCUT2D eigenvalue weighted by Crippen LogP contribution is -2.23. The first-order valence-corrected chi connectivity index (χ1v) is 6.35. The van der Waals surface area contributed by atoms with E-state index in [0.29, 0.717) is 5.56 Å². The molecule has 0 aliphatic rings. The van der Waals surface area contributed by atoms with Gasteiger partial charge in [0, 0.05) is 11.1 Å². The van der Waals surface area contributed by atoms with Crippen LogP contribution in [0.2, 0.25) is 0 Å². The Labute approximate surface area is 112 Å². The number of ether oxygens (including phenoxy) is 1. The molecule has 2 aromatic rings. The Hall–Kier alpha value is -1.81. The normalized spacial score (nSPS) is 12.4. The van der Waals surface area contributed by atoms with E-state index < -0.39 is 0 Å². The van der Waals surface area contributed by atoms with Crippen molar-refractivity contribution < 1.29 is 13.5 Å². The Morgan fingerprint density at radius 3 is 2.84 bits per heavy atom. The molecule has 1 heterocycles. The topological polar surface area (TPSA) is 34.4 Å². The molecular formula is C15H18FNO2. The van der Waals surface area contributed by atoms with Crippen molar-refractivity contribution in [2.45, 2.75) is 19.4 Å². The van der Waals surface area contributed by atoms with Crippen LogP contribution in [-0.2, 0) is 0 Å². The Bertz CT molecular complexity index is 511. The smallest absolute Gasteiger partial charge is 0.170 e. The summed E-state index contributed by atoms with van der Waals surface area (Å²) >= 11 is 0. The Morgan fingerprint density at radius 2 is 2.21 bits per heavy atom. The summed E-state index contributed by atoms with van der Waals surface area (Å²) in [6.07, 6.45) is 4.19. The molecule has 1 N–H and O–H groups in total. The third-order valence-electron chi connectivity index (χ3n) is 3.00. The van der Waals surface area contributed by atoms with Gasteiger partial charge in [-0.15, -0.1) is 0 Å². The van der Waals surface area contributed by atoms with E-state index in [1.165, 1.54) is 7.11 Å². The van der Waals surface area contributed by atoms with Crippen LogP contribution in [-0.4, -0.2) is 13.7 Å². The zero-order valence-electron chi connectivity index (χ0n) is 11.2. The number of halogens is 1. The van der Waals surface area contributed by atoms with Gasteiger partial charge in [0.05, 0.1) is 25.7 Å². The number of benzene rings is 1. The second kappa shape index (κ2) is 6.38.